The maximum absolute atomic E-state index is 13.1. The Morgan fingerprint density at radius 3 is 2.03 bits per heavy atom. The second kappa shape index (κ2) is 11.3. The topological polar surface area (TPSA) is 113 Å². The molecule has 0 bridgehead atoms. The van der Waals surface area contributed by atoms with E-state index in [1.54, 1.807) is 24.3 Å². The molecule has 1 saturated heterocycles. The van der Waals surface area contributed by atoms with Gasteiger partial charge in [0.15, 0.2) is 0 Å². The summed E-state index contributed by atoms with van der Waals surface area (Å²) in [5, 5.41) is 2.78. The minimum atomic E-state index is -3.80. The highest BCUT2D eigenvalue weighted by Gasteiger charge is 2.31. The van der Waals surface area contributed by atoms with Gasteiger partial charge in [-0.15, -0.1) is 0 Å². The monoisotopic (exact) mass is 609 g/mol. The number of benzene rings is 3. The van der Waals surface area contributed by atoms with Gasteiger partial charge in [0, 0.05) is 34.9 Å². The van der Waals surface area contributed by atoms with E-state index in [0.29, 0.717) is 29.8 Å². The van der Waals surface area contributed by atoms with Crippen LogP contribution in [0.15, 0.2) is 82.2 Å². The van der Waals surface area contributed by atoms with Crippen LogP contribution in [0.2, 0.25) is 0 Å². The third kappa shape index (κ3) is 7.16. The SMILES string of the molecule is O=C(Nc1ccc(S(=O)(=O)Nc2ccc(Br)cc2)cc1)C1CCN(S(=O)(=O)Cc2ccc(F)cc2)CC1. The lowest BCUT2D eigenvalue weighted by atomic mass is 9.97. The summed E-state index contributed by atoms with van der Waals surface area (Å²) in [6.45, 7) is 0.418. The molecule has 1 heterocycles. The Morgan fingerprint density at radius 2 is 1.43 bits per heavy atom. The molecule has 1 amide bonds. The lowest BCUT2D eigenvalue weighted by Crippen LogP contribution is -2.41. The van der Waals surface area contributed by atoms with Crippen molar-refractivity contribution in [2.75, 3.05) is 23.1 Å². The molecular weight excluding hydrogens is 585 g/mol. The molecule has 3 aromatic rings. The van der Waals surface area contributed by atoms with Crippen molar-refractivity contribution in [2.45, 2.75) is 23.5 Å². The fourth-order valence-electron chi connectivity index (χ4n) is 3.97. The molecule has 0 spiro atoms. The summed E-state index contributed by atoms with van der Waals surface area (Å²) in [7, 11) is -7.38. The summed E-state index contributed by atoms with van der Waals surface area (Å²) in [6, 6.07) is 17.9. The molecule has 0 unspecified atom stereocenters. The highest BCUT2D eigenvalue weighted by Crippen LogP contribution is 2.24. The van der Waals surface area contributed by atoms with Gasteiger partial charge in [-0.25, -0.2) is 25.5 Å². The van der Waals surface area contributed by atoms with Crippen molar-refractivity contribution in [1.82, 2.24) is 4.31 Å². The maximum Gasteiger partial charge on any atom is 0.261 e. The van der Waals surface area contributed by atoms with Crippen LogP contribution in [-0.2, 0) is 30.6 Å². The Balaban J connectivity index is 1.30. The Morgan fingerprint density at radius 1 is 0.865 bits per heavy atom. The van der Waals surface area contributed by atoms with Crippen molar-refractivity contribution in [2.24, 2.45) is 5.92 Å². The van der Waals surface area contributed by atoms with Crippen molar-refractivity contribution in [1.29, 1.82) is 0 Å². The van der Waals surface area contributed by atoms with Crippen LogP contribution < -0.4 is 10.0 Å². The molecule has 196 valence electrons. The van der Waals surface area contributed by atoms with Gasteiger partial charge in [-0.05, 0) is 79.1 Å². The molecule has 0 aromatic heterocycles. The summed E-state index contributed by atoms with van der Waals surface area (Å²) in [6.07, 6.45) is 0.718. The van der Waals surface area contributed by atoms with E-state index in [1.165, 1.54) is 52.8 Å². The zero-order chi connectivity index (χ0) is 26.6. The second-order valence-corrected chi connectivity index (χ2v) is 13.2. The number of hydrogen-bond donors (Lipinski definition) is 2. The predicted molar refractivity (Wildman–Crippen MR) is 143 cm³/mol. The van der Waals surface area contributed by atoms with E-state index in [4.69, 9.17) is 0 Å². The van der Waals surface area contributed by atoms with Crippen LogP contribution in [0.25, 0.3) is 0 Å². The first-order chi connectivity index (χ1) is 17.5. The standard InChI is InChI=1S/C25H25BrFN3O5S2/c26-20-3-7-23(8-4-20)29-37(34,35)24-11-9-22(10-12-24)28-25(31)19-13-15-30(16-14-19)36(32,33)17-18-1-5-21(27)6-2-18/h1-12,19,29H,13-17H2,(H,28,31). The number of amides is 1. The van der Waals surface area contributed by atoms with Gasteiger partial charge in [-0.3, -0.25) is 9.52 Å². The van der Waals surface area contributed by atoms with Crippen LogP contribution in [0.1, 0.15) is 18.4 Å². The first-order valence-corrected chi connectivity index (χ1v) is 15.3. The highest BCUT2D eigenvalue weighted by atomic mass is 79.9. The Hall–Kier alpha value is -2.80. The first kappa shape index (κ1) is 27.2. The lowest BCUT2D eigenvalue weighted by Gasteiger charge is -2.30. The fourth-order valence-corrected chi connectivity index (χ4v) is 6.86. The van der Waals surface area contributed by atoms with Crippen LogP contribution in [0, 0.1) is 11.7 Å². The minimum absolute atomic E-state index is 0.0492. The van der Waals surface area contributed by atoms with Gasteiger partial charge in [0.25, 0.3) is 10.0 Å². The average Bonchev–Trinajstić information content (AvgIpc) is 2.87. The molecule has 1 aliphatic rings. The number of carbonyl (C=O) groups is 1. The molecule has 4 rings (SSSR count). The summed E-state index contributed by atoms with van der Waals surface area (Å²) in [5.74, 6) is -1.28. The molecule has 37 heavy (non-hydrogen) atoms. The number of halogens is 2. The largest absolute Gasteiger partial charge is 0.326 e. The van der Waals surface area contributed by atoms with Crippen LogP contribution >= 0.6 is 15.9 Å². The quantitative estimate of drug-likeness (QED) is 0.388. The summed E-state index contributed by atoms with van der Waals surface area (Å²) in [5.41, 5.74) is 1.37. The zero-order valence-corrected chi connectivity index (χ0v) is 22.8. The van der Waals surface area contributed by atoms with Crippen molar-refractivity contribution >= 4 is 53.3 Å². The van der Waals surface area contributed by atoms with Gasteiger partial charge in [-0.1, -0.05) is 28.1 Å². The zero-order valence-electron chi connectivity index (χ0n) is 19.6. The van der Waals surface area contributed by atoms with E-state index in [2.05, 4.69) is 26.0 Å². The average molecular weight is 611 g/mol. The number of nitrogens with one attached hydrogen (secondary N) is 2. The van der Waals surface area contributed by atoms with Crippen molar-refractivity contribution in [3.63, 3.8) is 0 Å². The smallest absolute Gasteiger partial charge is 0.261 e. The Bertz CT molecular complexity index is 1460. The molecule has 3 aromatic carbocycles. The molecule has 2 N–H and O–H groups in total. The summed E-state index contributed by atoms with van der Waals surface area (Å²) < 4.78 is 68.5. The molecule has 0 atom stereocenters. The van der Waals surface area contributed by atoms with E-state index in [0.717, 1.165) is 4.47 Å². The van der Waals surface area contributed by atoms with E-state index in [1.807, 2.05) is 0 Å². The normalized spacial score (nSPS) is 15.3. The van der Waals surface area contributed by atoms with Crippen LogP contribution in [0.4, 0.5) is 15.8 Å². The molecule has 0 saturated carbocycles. The lowest BCUT2D eigenvalue weighted by molar-refractivity contribution is -0.120. The van der Waals surface area contributed by atoms with Crippen molar-refractivity contribution in [3.8, 4) is 0 Å². The van der Waals surface area contributed by atoms with Gasteiger partial charge >= 0.3 is 0 Å². The molecule has 1 fully saturated rings. The second-order valence-electron chi connectivity index (χ2n) is 8.68. The third-order valence-electron chi connectivity index (χ3n) is 6.01. The number of piperidine rings is 1. The molecule has 12 heteroatoms. The molecule has 8 nitrogen and oxygen atoms in total. The molecule has 0 aliphatic carbocycles. The maximum atomic E-state index is 13.1. The van der Waals surface area contributed by atoms with Crippen molar-refractivity contribution in [3.05, 3.63) is 88.6 Å². The van der Waals surface area contributed by atoms with Crippen molar-refractivity contribution < 1.29 is 26.0 Å². The number of hydrogen-bond acceptors (Lipinski definition) is 5. The van der Waals surface area contributed by atoms with E-state index in [-0.39, 0.29) is 35.6 Å². The van der Waals surface area contributed by atoms with Crippen LogP contribution in [-0.4, -0.2) is 40.1 Å². The van der Waals surface area contributed by atoms with Gasteiger partial charge in [-0.2, -0.15) is 0 Å². The van der Waals surface area contributed by atoms with Gasteiger partial charge in [0.2, 0.25) is 15.9 Å². The predicted octanol–water partition coefficient (Wildman–Crippen LogP) is 4.57. The van der Waals surface area contributed by atoms with Crippen LogP contribution in [0.3, 0.4) is 0 Å². The van der Waals surface area contributed by atoms with Gasteiger partial charge in [0.05, 0.1) is 10.6 Å². The summed E-state index contributed by atoms with van der Waals surface area (Å²) >= 11 is 3.30. The highest BCUT2D eigenvalue weighted by molar-refractivity contribution is 9.10. The van der Waals surface area contributed by atoms with Crippen LogP contribution in [0.5, 0.6) is 0 Å². The number of rotatable bonds is 8. The number of sulfonamides is 2. The van der Waals surface area contributed by atoms with Gasteiger partial charge in [0.1, 0.15) is 5.82 Å². The molecular formula is C25H25BrFN3O5S2. The number of anilines is 2. The molecule has 1 aliphatic heterocycles. The Kier molecular flexibility index (Phi) is 8.32. The van der Waals surface area contributed by atoms with E-state index >= 15 is 0 Å². The molecule has 0 radical (unpaired) electrons. The van der Waals surface area contributed by atoms with E-state index < -0.39 is 25.9 Å². The Labute approximate surface area is 224 Å². The number of carbonyl (C=O) groups excluding carboxylic acids is 1. The first-order valence-electron chi connectivity index (χ1n) is 11.4. The minimum Gasteiger partial charge on any atom is -0.326 e. The fraction of sp³-hybridized carbons (Fsp3) is 0.240. The summed E-state index contributed by atoms with van der Waals surface area (Å²) in [4.78, 5) is 12.8. The number of nitrogens with zero attached hydrogens (tertiary/aromatic N) is 1. The van der Waals surface area contributed by atoms with Gasteiger partial charge < -0.3 is 5.32 Å². The van der Waals surface area contributed by atoms with E-state index in [9.17, 15) is 26.0 Å². The third-order valence-corrected chi connectivity index (χ3v) is 9.78.